The first-order valence-electron chi connectivity index (χ1n) is 2.36. The van der Waals surface area contributed by atoms with Crippen molar-refractivity contribution in [2.24, 2.45) is 0 Å². The van der Waals surface area contributed by atoms with Crippen LogP contribution in [0.2, 0.25) is 0 Å². The van der Waals surface area contributed by atoms with Crippen LogP contribution in [0.4, 0.5) is 0 Å². The van der Waals surface area contributed by atoms with Gasteiger partial charge in [0.2, 0.25) is 6.29 Å². The molecule has 0 saturated heterocycles. The Morgan fingerprint density at radius 1 is 1.11 bits per heavy atom. The number of carbonyl (C=O) groups excluding carboxylic acids is 1. The van der Waals surface area contributed by atoms with Crippen molar-refractivity contribution in [3.05, 3.63) is 35.9 Å². The van der Waals surface area contributed by atoms with Crippen LogP contribution in [-0.4, -0.2) is 6.29 Å². The van der Waals surface area contributed by atoms with Gasteiger partial charge in [-0.15, -0.1) is 0 Å². The molecule has 0 aromatic heterocycles. The Labute approximate surface area is 69.0 Å². The fraction of sp³-hybridized carbons (Fsp3) is 0. The standard InChI is InChI=1S/C7H5O.Ti/c8-6-7-4-2-1-3-5-7;/h1-5H;. The van der Waals surface area contributed by atoms with E-state index in [-0.39, 0.29) is 21.7 Å². The first-order valence-corrected chi connectivity index (χ1v) is 2.36. The molecule has 0 saturated carbocycles. The van der Waals surface area contributed by atoms with E-state index in [0.717, 1.165) is 0 Å². The summed E-state index contributed by atoms with van der Waals surface area (Å²) >= 11 is 0. The third kappa shape index (κ3) is 2.59. The minimum atomic E-state index is 0. The van der Waals surface area contributed by atoms with Crippen molar-refractivity contribution < 1.29 is 26.5 Å². The molecule has 0 heterocycles. The van der Waals surface area contributed by atoms with Gasteiger partial charge in [-0.05, 0) is 0 Å². The molecule has 0 spiro atoms. The van der Waals surface area contributed by atoms with Crippen LogP contribution in [0.1, 0.15) is 5.56 Å². The number of benzene rings is 1. The molecule has 1 nitrogen and oxygen atoms in total. The van der Waals surface area contributed by atoms with Crippen LogP contribution in [0, 0.1) is 0 Å². The monoisotopic (exact) mass is 153 g/mol. The molecule has 43 valence electrons. The van der Waals surface area contributed by atoms with Crippen LogP contribution < -0.4 is 0 Å². The molecular weight excluding hydrogens is 148 g/mol. The fourth-order valence-electron chi connectivity index (χ4n) is 0.506. The fourth-order valence-corrected chi connectivity index (χ4v) is 0.506. The summed E-state index contributed by atoms with van der Waals surface area (Å²) in [6.45, 7) is 0. The molecule has 9 heavy (non-hydrogen) atoms. The van der Waals surface area contributed by atoms with Crippen LogP contribution in [0.3, 0.4) is 0 Å². The quantitative estimate of drug-likeness (QED) is 0.553. The van der Waals surface area contributed by atoms with Gasteiger partial charge in [-0.1, -0.05) is 30.3 Å². The molecule has 0 fully saturated rings. The van der Waals surface area contributed by atoms with Gasteiger partial charge in [0.05, 0.1) is 0 Å². The smallest absolute Gasteiger partial charge is 0.233 e. The first-order chi connectivity index (χ1) is 3.93. The molecule has 2 heteroatoms. The second kappa shape index (κ2) is 4.48. The average molecular weight is 153 g/mol. The summed E-state index contributed by atoms with van der Waals surface area (Å²) in [5.41, 5.74) is 0.604. The number of hydrogen-bond donors (Lipinski definition) is 0. The zero-order valence-electron chi connectivity index (χ0n) is 4.79. The van der Waals surface area contributed by atoms with Gasteiger partial charge in [0.25, 0.3) is 0 Å². The van der Waals surface area contributed by atoms with Crippen molar-refractivity contribution in [3.63, 3.8) is 0 Å². The molecule has 0 amide bonds. The minimum Gasteiger partial charge on any atom is -0.285 e. The van der Waals surface area contributed by atoms with Gasteiger partial charge in [0.1, 0.15) is 0 Å². The van der Waals surface area contributed by atoms with Crippen LogP contribution in [0.15, 0.2) is 30.3 Å². The molecule has 0 N–H and O–H groups in total. The molecule has 0 aliphatic heterocycles. The molecule has 0 unspecified atom stereocenters. The molecule has 0 aliphatic carbocycles. The topological polar surface area (TPSA) is 17.1 Å². The maximum atomic E-state index is 9.88. The molecule has 1 aromatic rings. The first kappa shape index (κ1) is 8.60. The van der Waals surface area contributed by atoms with Gasteiger partial charge in [-0.2, -0.15) is 0 Å². The Morgan fingerprint density at radius 2 is 1.67 bits per heavy atom. The van der Waals surface area contributed by atoms with Gasteiger partial charge >= 0.3 is 0 Å². The molecule has 1 radical (unpaired) electrons. The SMILES string of the molecule is O=[C]c1ccccc1.[Ti]. The molecule has 1 aromatic carbocycles. The predicted octanol–water partition coefficient (Wildman–Crippen LogP) is 1.14. The van der Waals surface area contributed by atoms with Crippen molar-refractivity contribution in [1.82, 2.24) is 0 Å². The Morgan fingerprint density at radius 3 is 2.00 bits per heavy atom. The van der Waals surface area contributed by atoms with Gasteiger partial charge < -0.3 is 0 Å². The maximum Gasteiger partial charge on any atom is 0.233 e. The van der Waals surface area contributed by atoms with E-state index in [9.17, 15) is 4.79 Å². The van der Waals surface area contributed by atoms with E-state index in [1.54, 1.807) is 30.6 Å². The minimum absolute atomic E-state index is 0. The van der Waals surface area contributed by atoms with Crippen molar-refractivity contribution >= 4 is 6.29 Å². The summed E-state index contributed by atoms with van der Waals surface area (Å²) in [4.78, 5) is 9.88. The maximum absolute atomic E-state index is 9.88. The summed E-state index contributed by atoms with van der Waals surface area (Å²) < 4.78 is 0. The Bertz CT molecular complexity index is 172. The average Bonchev–Trinajstić information content (AvgIpc) is 1.90. The van der Waals surface area contributed by atoms with Gasteiger partial charge in [0.15, 0.2) is 0 Å². The summed E-state index contributed by atoms with van der Waals surface area (Å²) in [6, 6.07) is 8.90. The molecule has 0 bridgehead atoms. The third-order valence-corrected chi connectivity index (χ3v) is 0.892. The van der Waals surface area contributed by atoms with Crippen LogP contribution in [0.5, 0.6) is 0 Å². The Hall–Kier alpha value is -0.396. The number of hydrogen-bond acceptors (Lipinski definition) is 1. The second-order valence-corrected chi connectivity index (χ2v) is 1.47. The van der Waals surface area contributed by atoms with E-state index in [0.29, 0.717) is 5.56 Å². The van der Waals surface area contributed by atoms with E-state index in [2.05, 4.69) is 0 Å². The Balaban J connectivity index is 0.000000640. The van der Waals surface area contributed by atoms with Crippen molar-refractivity contribution in [1.29, 1.82) is 0 Å². The summed E-state index contributed by atoms with van der Waals surface area (Å²) in [5, 5.41) is 0. The Kier molecular flexibility index (Phi) is 4.28. The molecular formula is C7H5OTi. The van der Waals surface area contributed by atoms with Gasteiger partial charge in [0, 0.05) is 27.3 Å². The second-order valence-electron chi connectivity index (χ2n) is 1.47. The van der Waals surface area contributed by atoms with E-state index < -0.39 is 0 Å². The van der Waals surface area contributed by atoms with E-state index in [1.807, 2.05) is 6.07 Å². The predicted molar refractivity (Wildman–Crippen MR) is 31.2 cm³/mol. The zero-order valence-corrected chi connectivity index (χ0v) is 6.36. The van der Waals surface area contributed by atoms with Crippen molar-refractivity contribution in [2.45, 2.75) is 0 Å². The summed E-state index contributed by atoms with van der Waals surface area (Å²) in [5.74, 6) is 0. The van der Waals surface area contributed by atoms with E-state index >= 15 is 0 Å². The number of rotatable bonds is 1. The molecule has 0 aliphatic rings. The molecule has 1 rings (SSSR count). The molecule has 0 atom stereocenters. The van der Waals surface area contributed by atoms with Crippen LogP contribution >= 0.6 is 0 Å². The summed E-state index contributed by atoms with van der Waals surface area (Å²) in [7, 11) is 0. The normalized spacial score (nSPS) is 7.56. The van der Waals surface area contributed by atoms with Crippen molar-refractivity contribution in [2.75, 3.05) is 0 Å². The van der Waals surface area contributed by atoms with E-state index in [1.165, 1.54) is 0 Å². The largest absolute Gasteiger partial charge is 0.285 e. The van der Waals surface area contributed by atoms with Gasteiger partial charge in [-0.3, -0.25) is 4.79 Å². The van der Waals surface area contributed by atoms with Crippen molar-refractivity contribution in [3.8, 4) is 0 Å². The third-order valence-electron chi connectivity index (χ3n) is 0.892. The van der Waals surface area contributed by atoms with Crippen LogP contribution in [-0.2, 0) is 26.5 Å². The van der Waals surface area contributed by atoms with Crippen LogP contribution in [0.25, 0.3) is 0 Å². The summed E-state index contributed by atoms with van der Waals surface area (Å²) in [6.07, 6.45) is 1.78. The van der Waals surface area contributed by atoms with Gasteiger partial charge in [-0.25, -0.2) is 0 Å². The van der Waals surface area contributed by atoms with E-state index in [4.69, 9.17) is 0 Å². The zero-order chi connectivity index (χ0) is 5.82.